The fourth-order valence-corrected chi connectivity index (χ4v) is 1.92. The number of nitrogens with one attached hydrogen (secondary N) is 1. The normalized spacial score (nSPS) is 16.7. The van der Waals surface area contributed by atoms with Crippen LogP contribution in [0.1, 0.15) is 11.1 Å². The zero-order valence-corrected chi connectivity index (χ0v) is 10.4. The first-order valence-electron chi connectivity index (χ1n) is 6.25. The Labute approximate surface area is 108 Å². The van der Waals surface area contributed by atoms with E-state index >= 15 is 0 Å². The Morgan fingerprint density at radius 2 is 1.67 bits per heavy atom. The van der Waals surface area contributed by atoms with Crippen LogP contribution in [-0.2, 0) is 17.7 Å². The van der Waals surface area contributed by atoms with Crippen molar-refractivity contribution in [1.29, 1.82) is 0 Å². The molecule has 0 spiro atoms. The average molecular weight is 242 g/mol. The third-order valence-corrected chi connectivity index (χ3v) is 2.83. The molecular weight excluding hydrogens is 224 g/mol. The lowest BCUT2D eigenvalue weighted by atomic mass is 10.0. The molecule has 3 heteroatoms. The molecule has 1 aromatic rings. The second kappa shape index (κ2) is 7.45. The molecule has 0 fully saturated rings. The fraction of sp³-hybridized carbons (Fsp3) is 0.267. The lowest BCUT2D eigenvalue weighted by Crippen LogP contribution is -2.16. The van der Waals surface area contributed by atoms with Crippen molar-refractivity contribution < 1.29 is 4.84 Å². The van der Waals surface area contributed by atoms with Gasteiger partial charge in [0, 0.05) is 0 Å². The first kappa shape index (κ1) is 12.6. The SMILES string of the molecule is C1=CC=NOC=C1.c1ccc2c(c1)CCNCC2. The molecule has 2 aliphatic rings. The van der Waals surface area contributed by atoms with Crippen molar-refractivity contribution in [3.05, 3.63) is 59.9 Å². The largest absolute Gasteiger partial charge is 0.365 e. The van der Waals surface area contributed by atoms with Gasteiger partial charge < -0.3 is 10.2 Å². The Kier molecular flexibility index (Phi) is 5.21. The van der Waals surface area contributed by atoms with Gasteiger partial charge in [-0.2, -0.15) is 0 Å². The van der Waals surface area contributed by atoms with Gasteiger partial charge >= 0.3 is 0 Å². The zero-order valence-electron chi connectivity index (χ0n) is 10.4. The van der Waals surface area contributed by atoms with Crippen LogP contribution in [0.4, 0.5) is 0 Å². The highest BCUT2D eigenvalue weighted by Gasteiger charge is 2.04. The monoisotopic (exact) mass is 242 g/mol. The number of fused-ring (bicyclic) bond motifs is 1. The van der Waals surface area contributed by atoms with Crippen molar-refractivity contribution in [2.45, 2.75) is 12.8 Å². The molecule has 94 valence electrons. The van der Waals surface area contributed by atoms with E-state index in [1.165, 1.54) is 30.2 Å². The molecule has 1 N–H and O–H groups in total. The maximum absolute atomic E-state index is 4.52. The molecule has 3 nitrogen and oxygen atoms in total. The molecule has 0 unspecified atom stereocenters. The van der Waals surface area contributed by atoms with E-state index in [-0.39, 0.29) is 0 Å². The van der Waals surface area contributed by atoms with Crippen LogP contribution in [0, 0.1) is 0 Å². The Morgan fingerprint density at radius 3 is 2.39 bits per heavy atom. The first-order valence-corrected chi connectivity index (χ1v) is 6.25. The molecule has 18 heavy (non-hydrogen) atoms. The quantitative estimate of drug-likeness (QED) is 0.758. The van der Waals surface area contributed by atoms with Gasteiger partial charge in [-0.05, 0) is 49.2 Å². The van der Waals surface area contributed by atoms with Crippen molar-refractivity contribution >= 4 is 6.21 Å². The van der Waals surface area contributed by atoms with E-state index < -0.39 is 0 Å². The maximum atomic E-state index is 4.52. The summed E-state index contributed by atoms with van der Waals surface area (Å²) in [5.74, 6) is 0. The van der Waals surface area contributed by atoms with Gasteiger partial charge in [-0.3, -0.25) is 0 Å². The summed E-state index contributed by atoms with van der Waals surface area (Å²) in [6.45, 7) is 2.27. The van der Waals surface area contributed by atoms with Gasteiger partial charge in [-0.25, -0.2) is 0 Å². The molecule has 0 aromatic heterocycles. The minimum atomic E-state index is 1.14. The van der Waals surface area contributed by atoms with Crippen LogP contribution in [0.5, 0.6) is 0 Å². The number of nitrogens with zero attached hydrogens (tertiary/aromatic N) is 1. The number of rotatable bonds is 0. The molecule has 0 aliphatic carbocycles. The predicted octanol–water partition coefficient (Wildman–Crippen LogP) is 2.45. The highest BCUT2D eigenvalue weighted by molar-refractivity contribution is 5.71. The van der Waals surface area contributed by atoms with Crippen LogP contribution in [0.2, 0.25) is 0 Å². The summed E-state index contributed by atoms with van der Waals surface area (Å²) >= 11 is 0. The van der Waals surface area contributed by atoms with Gasteiger partial charge in [-0.1, -0.05) is 35.5 Å². The fourth-order valence-electron chi connectivity index (χ4n) is 1.92. The number of oxime groups is 1. The minimum absolute atomic E-state index is 1.14. The van der Waals surface area contributed by atoms with Crippen molar-refractivity contribution in [2.75, 3.05) is 13.1 Å². The summed E-state index contributed by atoms with van der Waals surface area (Å²) in [4.78, 5) is 4.52. The Hall–Kier alpha value is -1.87. The van der Waals surface area contributed by atoms with Crippen LogP contribution in [0.3, 0.4) is 0 Å². The van der Waals surface area contributed by atoms with Gasteiger partial charge in [-0.15, -0.1) is 0 Å². The molecule has 2 aliphatic heterocycles. The maximum Gasteiger partial charge on any atom is 0.122 e. The summed E-state index contributed by atoms with van der Waals surface area (Å²) in [7, 11) is 0. The van der Waals surface area contributed by atoms with Crippen molar-refractivity contribution in [3.63, 3.8) is 0 Å². The molecule has 0 saturated heterocycles. The molecule has 0 amide bonds. The van der Waals surface area contributed by atoms with E-state index in [1.807, 2.05) is 6.08 Å². The first-order chi connectivity index (χ1) is 8.97. The van der Waals surface area contributed by atoms with Crippen molar-refractivity contribution in [3.8, 4) is 0 Å². The molecular formula is C15H18N2O. The molecule has 1 aromatic carbocycles. The van der Waals surface area contributed by atoms with E-state index in [1.54, 1.807) is 18.4 Å². The minimum Gasteiger partial charge on any atom is -0.365 e. The lowest BCUT2D eigenvalue weighted by molar-refractivity contribution is 0.271. The van der Waals surface area contributed by atoms with Crippen LogP contribution in [0.25, 0.3) is 0 Å². The summed E-state index contributed by atoms with van der Waals surface area (Å²) in [5, 5.41) is 6.87. The van der Waals surface area contributed by atoms with Gasteiger partial charge in [0.15, 0.2) is 0 Å². The molecule has 2 heterocycles. The van der Waals surface area contributed by atoms with E-state index in [0.29, 0.717) is 0 Å². The Balaban J connectivity index is 0.000000149. The molecule has 0 saturated carbocycles. The van der Waals surface area contributed by atoms with E-state index in [9.17, 15) is 0 Å². The molecule has 3 rings (SSSR count). The standard InChI is InChI=1S/C10H13N.C5H5NO/c1-2-4-10-6-8-11-7-5-9(10)3-1;1-2-4-6-7-5-3-1/h1-4,11H,5-8H2;1-5H. The highest BCUT2D eigenvalue weighted by Crippen LogP contribution is 2.11. The predicted molar refractivity (Wildman–Crippen MR) is 74.6 cm³/mol. The van der Waals surface area contributed by atoms with Gasteiger partial charge in [0.05, 0.1) is 6.21 Å². The second-order valence-corrected chi connectivity index (χ2v) is 4.09. The zero-order chi connectivity index (χ0) is 12.5. The summed E-state index contributed by atoms with van der Waals surface area (Å²) in [5.41, 5.74) is 3.05. The van der Waals surface area contributed by atoms with Crippen LogP contribution >= 0.6 is 0 Å². The number of benzene rings is 1. The average Bonchev–Trinajstić information content (AvgIpc) is 2.84. The van der Waals surface area contributed by atoms with E-state index in [4.69, 9.17) is 0 Å². The number of hydrogen-bond acceptors (Lipinski definition) is 3. The van der Waals surface area contributed by atoms with Crippen LogP contribution in [0.15, 0.2) is 53.9 Å². The molecule has 0 bridgehead atoms. The van der Waals surface area contributed by atoms with Crippen molar-refractivity contribution in [1.82, 2.24) is 5.32 Å². The van der Waals surface area contributed by atoms with Gasteiger partial charge in [0.2, 0.25) is 0 Å². The number of allylic oxidation sites excluding steroid dienone is 3. The van der Waals surface area contributed by atoms with Gasteiger partial charge in [0.1, 0.15) is 6.26 Å². The Morgan fingerprint density at radius 1 is 0.944 bits per heavy atom. The number of hydrogen-bond donors (Lipinski definition) is 1. The van der Waals surface area contributed by atoms with E-state index in [0.717, 1.165) is 13.1 Å². The smallest absolute Gasteiger partial charge is 0.122 e. The summed E-state index contributed by atoms with van der Waals surface area (Å²) in [6.07, 6.45) is 10.9. The molecule has 0 radical (unpaired) electrons. The third-order valence-electron chi connectivity index (χ3n) is 2.83. The molecule has 0 atom stereocenters. The summed E-state index contributed by atoms with van der Waals surface area (Å²) in [6, 6.07) is 8.74. The van der Waals surface area contributed by atoms with Crippen LogP contribution in [-0.4, -0.2) is 19.3 Å². The Bertz CT molecular complexity index is 411. The second-order valence-electron chi connectivity index (χ2n) is 4.09. The topological polar surface area (TPSA) is 33.6 Å². The van der Waals surface area contributed by atoms with Crippen molar-refractivity contribution in [2.24, 2.45) is 5.16 Å². The third kappa shape index (κ3) is 4.18. The van der Waals surface area contributed by atoms with Gasteiger partial charge in [0.25, 0.3) is 0 Å². The van der Waals surface area contributed by atoms with E-state index in [2.05, 4.69) is 39.6 Å². The highest BCUT2D eigenvalue weighted by atomic mass is 16.6. The lowest BCUT2D eigenvalue weighted by Gasteiger charge is -2.01. The summed E-state index contributed by atoms with van der Waals surface area (Å²) < 4.78 is 0. The van der Waals surface area contributed by atoms with Crippen LogP contribution < -0.4 is 5.32 Å².